The van der Waals surface area contributed by atoms with Gasteiger partial charge < -0.3 is 20.5 Å². The number of carboxylic acid groups (broad SMARTS) is 1. The van der Waals surface area contributed by atoms with E-state index in [0.29, 0.717) is 31.7 Å². The van der Waals surface area contributed by atoms with E-state index in [1.807, 2.05) is 30.3 Å². The van der Waals surface area contributed by atoms with Crippen LogP contribution in [0.5, 0.6) is 5.75 Å². The molecule has 2 aromatic rings. The first-order valence-electron chi connectivity index (χ1n) is 8.14. The van der Waals surface area contributed by atoms with Gasteiger partial charge in [-0.1, -0.05) is 30.3 Å². The van der Waals surface area contributed by atoms with Gasteiger partial charge in [0.2, 0.25) is 0 Å². The minimum atomic E-state index is -1.43. The molecule has 7 nitrogen and oxygen atoms in total. The number of nitrogens with two attached hydrogens (primary N) is 1. The van der Waals surface area contributed by atoms with Gasteiger partial charge in [0.05, 0.1) is 0 Å². The summed E-state index contributed by atoms with van der Waals surface area (Å²) in [4.78, 5) is 23.7. The average molecular weight is 353 g/mol. The smallest absolute Gasteiger partial charge is 0.394 e. The predicted octanol–water partition coefficient (Wildman–Crippen LogP) is 1.52. The van der Waals surface area contributed by atoms with Crippen LogP contribution in [0.3, 0.4) is 0 Å². The molecule has 0 spiro atoms. The fraction of sp³-hybridized carbons (Fsp3) is 0.211. The summed E-state index contributed by atoms with van der Waals surface area (Å²) in [6, 6.07) is 12.9. The van der Waals surface area contributed by atoms with E-state index in [2.05, 4.69) is 0 Å². The van der Waals surface area contributed by atoms with Gasteiger partial charge in [-0.2, -0.15) is 0 Å². The number of carboxylic acids is 1. The van der Waals surface area contributed by atoms with Crippen molar-refractivity contribution in [2.75, 3.05) is 6.54 Å². The average Bonchev–Trinajstić information content (AvgIpc) is 2.65. The van der Waals surface area contributed by atoms with Gasteiger partial charge in [-0.15, -0.1) is 0 Å². The number of carbonyl (C=O) groups is 2. The number of nitrogen functional groups attached to an aromatic ring is 1. The Kier molecular flexibility index (Phi) is 4.88. The summed E-state index contributed by atoms with van der Waals surface area (Å²) >= 11 is 0. The first kappa shape index (κ1) is 17.5. The molecule has 2 aromatic carbocycles. The Labute approximate surface area is 150 Å². The lowest BCUT2D eigenvalue weighted by Gasteiger charge is -2.27. The molecular formula is C19H19N3O4. The van der Waals surface area contributed by atoms with E-state index in [0.717, 1.165) is 22.4 Å². The second-order valence-electron chi connectivity index (χ2n) is 6.11. The number of nitrogens with zero attached hydrogens (tertiary/aromatic N) is 1. The molecule has 0 atom stereocenters. The predicted molar refractivity (Wildman–Crippen MR) is 95.0 cm³/mol. The highest BCUT2D eigenvalue weighted by Gasteiger charge is 2.25. The maximum Gasteiger partial charge on any atom is 0.394 e. The fourth-order valence-corrected chi connectivity index (χ4v) is 2.87. The summed E-state index contributed by atoms with van der Waals surface area (Å²) in [7, 11) is 0. The Bertz CT molecular complexity index is 862. The highest BCUT2D eigenvalue weighted by atomic mass is 16.5. The third-order valence-electron chi connectivity index (χ3n) is 4.33. The second kappa shape index (κ2) is 7.26. The molecule has 4 N–H and O–H groups in total. The van der Waals surface area contributed by atoms with Crippen molar-refractivity contribution in [3.05, 3.63) is 64.7 Å². The van der Waals surface area contributed by atoms with Crippen molar-refractivity contribution in [2.24, 2.45) is 5.73 Å². The van der Waals surface area contributed by atoms with Crippen LogP contribution in [0.15, 0.2) is 42.5 Å². The minimum Gasteiger partial charge on any atom is -0.489 e. The standard InChI is InChI=1S/C19H19N3O4/c20-17(21)13-3-1-12(2-4-13)11-26-16-6-5-15-10-22(18(23)19(24)25)8-7-14(15)9-16/h1-6,9H,7-8,10-11H2,(H3,20,21)(H,24,25). The molecule has 1 aliphatic heterocycles. The Hall–Kier alpha value is -3.35. The van der Waals surface area contributed by atoms with E-state index in [1.54, 1.807) is 12.1 Å². The van der Waals surface area contributed by atoms with Crippen LogP contribution in [-0.4, -0.2) is 34.3 Å². The van der Waals surface area contributed by atoms with E-state index in [4.69, 9.17) is 21.0 Å². The number of amides is 1. The molecule has 0 radical (unpaired) electrons. The molecule has 0 aromatic heterocycles. The molecule has 3 rings (SSSR count). The summed E-state index contributed by atoms with van der Waals surface area (Å²) in [5.41, 5.74) is 9.06. The lowest BCUT2D eigenvalue weighted by Crippen LogP contribution is -2.39. The number of hydrogen-bond donors (Lipinski definition) is 3. The molecule has 1 heterocycles. The van der Waals surface area contributed by atoms with Crippen LogP contribution in [0.4, 0.5) is 0 Å². The molecule has 0 fully saturated rings. The van der Waals surface area contributed by atoms with E-state index >= 15 is 0 Å². The van der Waals surface area contributed by atoms with E-state index in [9.17, 15) is 9.59 Å². The number of hydrogen-bond acceptors (Lipinski definition) is 4. The van der Waals surface area contributed by atoms with Gasteiger partial charge in [0.25, 0.3) is 0 Å². The lowest BCUT2D eigenvalue weighted by atomic mass is 9.99. The van der Waals surface area contributed by atoms with Gasteiger partial charge in [0.1, 0.15) is 18.2 Å². The van der Waals surface area contributed by atoms with Crippen LogP contribution in [0, 0.1) is 5.41 Å². The fourth-order valence-electron chi connectivity index (χ4n) is 2.87. The highest BCUT2D eigenvalue weighted by Crippen LogP contribution is 2.24. The molecule has 134 valence electrons. The number of fused-ring (bicyclic) bond motifs is 1. The van der Waals surface area contributed by atoms with Crippen LogP contribution in [0.2, 0.25) is 0 Å². The summed E-state index contributed by atoms with van der Waals surface area (Å²) in [5.74, 6) is -1.55. The van der Waals surface area contributed by atoms with E-state index in [-0.39, 0.29) is 5.84 Å². The van der Waals surface area contributed by atoms with Crippen molar-refractivity contribution in [3.8, 4) is 5.75 Å². The van der Waals surface area contributed by atoms with Crippen molar-refractivity contribution < 1.29 is 19.4 Å². The third kappa shape index (κ3) is 3.83. The molecule has 0 saturated carbocycles. The molecule has 7 heteroatoms. The molecule has 0 unspecified atom stereocenters. The number of amidine groups is 1. The zero-order valence-electron chi connectivity index (χ0n) is 14.1. The number of benzene rings is 2. The van der Waals surface area contributed by atoms with Crippen LogP contribution in [0.25, 0.3) is 0 Å². The van der Waals surface area contributed by atoms with E-state index < -0.39 is 11.9 Å². The molecule has 1 aliphatic rings. The molecule has 1 amide bonds. The zero-order valence-corrected chi connectivity index (χ0v) is 14.1. The normalized spacial score (nSPS) is 13.0. The van der Waals surface area contributed by atoms with Crippen molar-refractivity contribution >= 4 is 17.7 Å². The summed E-state index contributed by atoms with van der Waals surface area (Å²) < 4.78 is 5.81. The minimum absolute atomic E-state index is 0.0302. The molecule has 0 aliphatic carbocycles. The molecule has 0 bridgehead atoms. The maximum atomic E-state index is 11.6. The van der Waals surface area contributed by atoms with Gasteiger partial charge in [-0.3, -0.25) is 10.2 Å². The number of aliphatic carboxylic acids is 1. The summed E-state index contributed by atoms with van der Waals surface area (Å²) in [5, 5.41) is 16.2. The van der Waals surface area contributed by atoms with Gasteiger partial charge in [-0.05, 0) is 35.2 Å². The van der Waals surface area contributed by atoms with Gasteiger partial charge in [0, 0.05) is 18.7 Å². The largest absolute Gasteiger partial charge is 0.489 e. The summed E-state index contributed by atoms with van der Waals surface area (Å²) in [6.45, 7) is 1.07. The number of rotatable bonds is 4. The van der Waals surface area contributed by atoms with Crippen LogP contribution >= 0.6 is 0 Å². The van der Waals surface area contributed by atoms with Gasteiger partial charge in [0.15, 0.2) is 0 Å². The molecule has 0 saturated heterocycles. The summed E-state index contributed by atoms with van der Waals surface area (Å²) in [6.07, 6.45) is 0.596. The first-order chi connectivity index (χ1) is 12.4. The third-order valence-corrected chi connectivity index (χ3v) is 4.33. The molecule has 26 heavy (non-hydrogen) atoms. The SMILES string of the molecule is N=C(N)c1ccc(COc2ccc3c(c2)CCN(C(=O)C(=O)O)C3)cc1. The monoisotopic (exact) mass is 353 g/mol. The first-order valence-corrected chi connectivity index (χ1v) is 8.14. The number of nitrogens with one attached hydrogen (secondary N) is 1. The van der Waals surface area contributed by atoms with Crippen molar-refractivity contribution in [3.63, 3.8) is 0 Å². The van der Waals surface area contributed by atoms with Crippen molar-refractivity contribution in [1.29, 1.82) is 5.41 Å². The second-order valence-corrected chi connectivity index (χ2v) is 6.11. The Morgan fingerprint density at radius 1 is 1.15 bits per heavy atom. The van der Waals surface area contributed by atoms with Crippen LogP contribution in [-0.2, 0) is 29.2 Å². The van der Waals surface area contributed by atoms with Gasteiger partial charge >= 0.3 is 11.9 Å². The Morgan fingerprint density at radius 3 is 2.54 bits per heavy atom. The number of carbonyl (C=O) groups excluding carboxylic acids is 1. The van der Waals surface area contributed by atoms with Crippen LogP contribution in [0.1, 0.15) is 22.3 Å². The highest BCUT2D eigenvalue weighted by molar-refractivity contribution is 6.31. The molecular weight excluding hydrogens is 334 g/mol. The maximum absolute atomic E-state index is 11.6. The van der Waals surface area contributed by atoms with Gasteiger partial charge in [-0.25, -0.2) is 4.79 Å². The van der Waals surface area contributed by atoms with E-state index in [1.165, 1.54) is 4.90 Å². The topological polar surface area (TPSA) is 117 Å². The van der Waals surface area contributed by atoms with Crippen molar-refractivity contribution in [2.45, 2.75) is 19.6 Å². The quantitative estimate of drug-likeness (QED) is 0.438. The zero-order chi connectivity index (χ0) is 18.7. The number of ether oxygens (including phenoxy) is 1. The van der Waals surface area contributed by atoms with Crippen molar-refractivity contribution in [1.82, 2.24) is 4.90 Å². The van der Waals surface area contributed by atoms with Crippen LogP contribution < -0.4 is 10.5 Å². The Balaban J connectivity index is 1.64. The lowest BCUT2D eigenvalue weighted by molar-refractivity contribution is -0.156. The Morgan fingerprint density at radius 2 is 1.88 bits per heavy atom.